The summed E-state index contributed by atoms with van der Waals surface area (Å²) in [5.41, 5.74) is 3.57. The number of allylic oxidation sites excluding steroid dienone is 1. The molecule has 1 N–H and O–H groups in total. The zero-order valence-corrected chi connectivity index (χ0v) is 8.00. The Hall–Kier alpha value is -1.83. The molecule has 1 aromatic rings. The summed E-state index contributed by atoms with van der Waals surface area (Å²) >= 11 is 0. The number of carbonyl (C=O) groups excluding carboxylic acids is 1. The van der Waals surface area contributed by atoms with Crippen LogP contribution in [0.15, 0.2) is 30.9 Å². The third-order valence-electron chi connectivity index (χ3n) is 2.37. The lowest BCUT2D eigenvalue weighted by atomic mass is 10.0. The van der Waals surface area contributed by atoms with E-state index >= 15 is 0 Å². The van der Waals surface area contributed by atoms with Gasteiger partial charge in [-0.3, -0.25) is 4.79 Å². The molecular weight excluding hydrogens is 174 g/mol. The summed E-state index contributed by atoms with van der Waals surface area (Å²) in [7, 11) is 0. The number of rotatable bonds is 1. The standard InChI is InChI=1S/C12H11NO/c1-3-8-6-5-7-9-11(8)10(4-2)13-12(9)14/h3-7H,1H2,2H3,(H,13,14)/b10-4+. The van der Waals surface area contributed by atoms with Gasteiger partial charge in [-0.25, -0.2) is 0 Å². The van der Waals surface area contributed by atoms with E-state index in [0.717, 1.165) is 22.4 Å². The van der Waals surface area contributed by atoms with Crippen LogP contribution in [0.4, 0.5) is 0 Å². The van der Waals surface area contributed by atoms with Gasteiger partial charge in [0.2, 0.25) is 0 Å². The van der Waals surface area contributed by atoms with Crippen molar-refractivity contribution < 1.29 is 4.79 Å². The monoisotopic (exact) mass is 185 g/mol. The molecule has 2 nitrogen and oxygen atoms in total. The summed E-state index contributed by atoms with van der Waals surface area (Å²) in [5, 5.41) is 2.82. The Kier molecular flexibility index (Phi) is 1.97. The molecule has 0 unspecified atom stereocenters. The van der Waals surface area contributed by atoms with Crippen molar-refractivity contribution >= 4 is 17.7 Å². The fraction of sp³-hybridized carbons (Fsp3) is 0.0833. The smallest absolute Gasteiger partial charge is 0.256 e. The Bertz CT molecular complexity index is 444. The van der Waals surface area contributed by atoms with Crippen molar-refractivity contribution in [1.82, 2.24) is 5.32 Å². The van der Waals surface area contributed by atoms with Gasteiger partial charge in [-0.15, -0.1) is 0 Å². The van der Waals surface area contributed by atoms with E-state index in [0.29, 0.717) is 0 Å². The Balaban J connectivity index is 2.74. The van der Waals surface area contributed by atoms with E-state index < -0.39 is 0 Å². The summed E-state index contributed by atoms with van der Waals surface area (Å²) in [6.45, 7) is 5.64. The van der Waals surface area contributed by atoms with Crippen molar-refractivity contribution in [3.63, 3.8) is 0 Å². The third kappa shape index (κ3) is 1.08. The summed E-state index contributed by atoms with van der Waals surface area (Å²) in [6.07, 6.45) is 3.67. The first-order chi connectivity index (χ1) is 6.77. The molecular formula is C12H11NO. The van der Waals surface area contributed by atoms with Gasteiger partial charge in [0.05, 0.1) is 0 Å². The molecule has 1 aromatic carbocycles. The molecule has 0 fully saturated rings. The number of amides is 1. The second-order valence-electron chi connectivity index (χ2n) is 3.13. The summed E-state index contributed by atoms with van der Waals surface area (Å²) in [6, 6.07) is 5.65. The van der Waals surface area contributed by atoms with Crippen molar-refractivity contribution in [2.75, 3.05) is 0 Å². The lowest BCUT2D eigenvalue weighted by molar-refractivity contribution is 0.0981. The van der Waals surface area contributed by atoms with Gasteiger partial charge in [0.25, 0.3) is 5.91 Å². The molecule has 2 heteroatoms. The molecule has 0 bridgehead atoms. The van der Waals surface area contributed by atoms with Gasteiger partial charge < -0.3 is 5.32 Å². The number of benzene rings is 1. The molecule has 0 radical (unpaired) electrons. The molecule has 14 heavy (non-hydrogen) atoms. The van der Waals surface area contributed by atoms with Gasteiger partial charge in [-0.05, 0) is 18.6 Å². The zero-order chi connectivity index (χ0) is 10.1. The molecule has 1 aliphatic heterocycles. The predicted octanol–water partition coefficient (Wildman–Crippen LogP) is 2.43. The van der Waals surface area contributed by atoms with Crippen LogP contribution in [0.5, 0.6) is 0 Å². The molecule has 0 spiro atoms. The maximum atomic E-state index is 11.5. The average Bonchev–Trinajstić information content (AvgIpc) is 2.56. The van der Waals surface area contributed by atoms with Crippen LogP contribution in [-0.2, 0) is 0 Å². The van der Waals surface area contributed by atoms with Crippen LogP contribution in [0, 0.1) is 0 Å². The van der Waals surface area contributed by atoms with Crippen molar-refractivity contribution in [3.05, 3.63) is 47.5 Å². The fourth-order valence-corrected chi connectivity index (χ4v) is 1.70. The average molecular weight is 185 g/mol. The molecule has 0 atom stereocenters. The first-order valence-electron chi connectivity index (χ1n) is 4.51. The minimum atomic E-state index is -0.0307. The second-order valence-corrected chi connectivity index (χ2v) is 3.13. The number of nitrogens with one attached hydrogen (secondary N) is 1. The fourth-order valence-electron chi connectivity index (χ4n) is 1.70. The van der Waals surface area contributed by atoms with Crippen LogP contribution in [0.3, 0.4) is 0 Å². The van der Waals surface area contributed by atoms with Crippen molar-refractivity contribution in [1.29, 1.82) is 0 Å². The van der Waals surface area contributed by atoms with Crippen LogP contribution in [0.25, 0.3) is 11.8 Å². The Labute approximate surface area is 82.9 Å². The SMILES string of the molecule is C=Cc1cccc2c1/C(=C\C)NC2=O. The predicted molar refractivity (Wildman–Crippen MR) is 57.7 cm³/mol. The highest BCUT2D eigenvalue weighted by molar-refractivity contribution is 6.10. The number of carbonyl (C=O) groups is 1. The van der Waals surface area contributed by atoms with Gasteiger partial charge in [0.15, 0.2) is 0 Å². The van der Waals surface area contributed by atoms with Crippen molar-refractivity contribution in [3.8, 4) is 0 Å². The Morgan fingerprint density at radius 3 is 2.86 bits per heavy atom. The van der Waals surface area contributed by atoms with Gasteiger partial charge in [0, 0.05) is 16.8 Å². The van der Waals surface area contributed by atoms with E-state index in [9.17, 15) is 4.79 Å². The highest BCUT2D eigenvalue weighted by atomic mass is 16.1. The van der Waals surface area contributed by atoms with Crippen LogP contribution in [-0.4, -0.2) is 5.91 Å². The van der Waals surface area contributed by atoms with Crippen LogP contribution < -0.4 is 5.32 Å². The van der Waals surface area contributed by atoms with E-state index in [-0.39, 0.29) is 5.91 Å². The molecule has 1 aliphatic rings. The summed E-state index contributed by atoms with van der Waals surface area (Å²) in [4.78, 5) is 11.5. The zero-order valence-electron chi connectivity index (χ0n) is 8.00. The van der Waals surface area contributed by atoms with E-state index in [4.69, 9.17) is 0 Å². The van der Waals surface area contributed by atoms with Crippen LogP contribution in [0.2, 0.25) is 0 Å². The number of hydrogen-bond donors (Lipinski definition) is 1. The first-order valence-corrected chi connectivity index (χ1v) is 4.51. The lowest BCUT2D eigenvalue weighted by Crippen LogP contribution is -2.11. The molecule has 0 aliphatic carbocycles. The first kappa shape index (κ1) is 8.75. The van der Waals surface area contributed by atoms with E-state index in [1.807, 2.05) is 31.2 Å². The molecule has 0 saturated carbocycles. The Morgan fingerprint density at radius 2 is 2.21 bits per heavy atom. The minimum absolute atomic E-state index is 0.0307. The molecule has 0 aromatic heterocycles. The summed E-state index contributed by atoms with van der Waals surface area (Å²) in [5.74, 6) is -0.0307. The second kappa shape index (κ2) is 3.14. The molecule has 0 saturated heterocycles. The quantitative estimate of drug-likeness (QED) is 0.715. The van der Waals surface area contributed by atoms with Gasteiger partial charge in [-0.1, -0.05) is 30.9 Å². The highest BCUT2D eigenvalue weighted by Gasteiger charge is 2.24. The van der Waals surface area contributed by atoms with E-state index in [2.05, 4.69) is 11.9 Å². The van der Waals surface area contributed by atoms with Gasteiger partial charge in [0.1, 0.15) is 0 Å². The third-order valence-corrected chi connectivity index (χ3v) is 2.37. The minimum Gasteiger partial charge on any atom is -0.322 e. The highest BCUT2D eigenvalue weighted by Crippen LogP contribution is 2.28. The molecule has 2 rings (SSSR count). The topological polar surface area (TPSA) is 29.1 Å². The number of hydrogen-bond acceptors (Lipinski definition) is 1. The van der Waals surface area contributed by atoms with Crippen LogP contribution in [0.1, 0.15) is 28.4 Å². The van der Waals surface area contributed by atoms with Crippen molar-refractivity contribution in [2.45, 2.75) is 6.92 Å². The van der Waals surface area contributed by atoms with Gasteiger partial charge in [-0.2, -0.15) is 0 Å². The van der Waals surface area contributed by atoms with Crippen molar-refractivity contribution in [2.24, 2.45) is 0 Å². The maximum Gasteiger partial charge on any atom is 0.256 e. The lowest BCUT2D eigenvalue weighted by Gasteiger charge is -2.02. The molecule has 70 valence electrons. The normalized spacial score (nSPS) is 16.6. The molecule has 1 amide bonds. The Morgan fingerprint density at radius 1 is 1.43 bits per heavy atom. The van der Waals surface area contributed by atoms with E-state index in [1.165, 1.54) is 0 Å². The van der Waals surface area contributed by atoms with Gasteiger partial charge >= 0.3 is 0 Å². The maximum absolute atomic E-state index is 11.5. The largest absolute Gasteiger partial charge is 0.322 e. The van der Waals surface area contributed by atoms with E-state index in [1.54, 1.807) is 6.08 Å². The molecule has 1 heterocycles. The van der Waals surface area contributed by atoms with Crippen LogP contribution >= 0.6 is 0 Å². The number of fused-ring (bicyclic) bond motifs is 1. The summed E-state index contributed by atoms with van der Waals surface area (Å²) < 4.78 is 0.